The van der Waals surface area contributed by atoms with Gasteiger partial charge in [0, 0.05) is 23.9 Å². The number of aliphatic hydroxyl groups is 1. The van der Waals surface area contributed by atoms with Gasteiger partial charge in [-0.05, 0) is 56.1 Å². The van der Waals surface area contributed by atoms with Crippen molar-refractivity contribution in [2.45, 2.75) is 12.7 Å². The highest BCUT2D eigenvalue weighted by atomic mass is 16.5. The molecule has 1 atom stereocenters. The van der Waals surface area contributed by atoms with Crippen molar-refractivity contribution in [2.75, 3.05) is 32.6 Å². The third-order valence-corrected chi connectivity index (χ3v) is 5.21. The average Bonchev–Trinajstić information content (AvgIpc) is 2.88. The number of aromatic nitrogens is 2. The van der Waals surface area contributed by atoms with E-state index in [4.69, 9.17) is 9.47 Å². The van der Waals surface area contributed by atoms with E-state index in [9.17, 15) is 5.11 Å². The molecular formula is C28H30N4O3. The second-order valence-corrected chi connectivity index (χ2v) is 8.44. The first-order valence-electron chi connectivity index (χ1n) is 11.5. The molecule has 7 heteroatoms. The van der Waals surface area contributed by atoms with Gasteiger partial charge in [0.1, 0.15) is 43.0 Å². The number of hydrogen-bond donors (Lipinski definition) is 2. The summed E-state index contributed by atoms with van der Waals surface area (Å²) in [6, 6.07) is 27.4. The molecule has 0 bridgehead atoms. The van der Waals surface area contributed by atoms with Crippen molar-refractivity contribution in [1.82, 2.24) is 14.9 Å². The van der Waals surface area contributed by atoms with Crippen LogP contribution in [0, 0.1) is 0 Å². The zero-order valence-electron chi connectivity index (χ0n) is 20.0. The average molecular weight is 471 g/mol. The Hall–Kier alpha value is -3.94. The van der Waals surface area contributed by atoms with E-state index in [1.165, 1.54) is 6.33 Å². The number of hydrogen-bond acceptors (Lipinski definition) is 7. The molecule has 0 amide bonds. The number of anilines is 2. The van der Waals surface area contributed by atoms with Gasteiger partial charge in [-0.1, -0.05) is 42.5 Å². The summed E-state index contributed by atoms with van der Waals surface area (Å²) in [4.78, 5) is 10.7. The van der Waals surface area contributed by atoms with Gasteiger partial charge in [-0.25, -0.2) is 9.97 Å². The third-order valence-electron chi connectivity index (χ3n) is 5.21. The lowest BCUT2D eigenvalue weighted by molar-refractivity contribution is 0.0831. The summed E-state index contributed by atoms with van der Waals surface area (Å²) in [6.07, 6.45) is 0.997. The van der Waals surface area contributed by atoms with Crippen molar-refractivity contribution in [3.05, 3.63) is 96.8 Å². The molecule has 2 N–H and O–H groups in total. The summed E-state index contributed by atoms with van der Waals surface area (Å²) in [7, 11) is 3.83. The van der Waals surface area contributed by atoms with Gasteiger partial charge in [-0.15, -0.1) is 0 Å². The van der Waals surface area contributed by atoms with Gasteiger partial charge in [0.15, 0.2) is 0 Å². The number of benzene rings is 3. The van der Waals surface area contributed by atoms with E-state index in [2.05, 4.69) is 15.3 Å². The standard InChI is InChI=1S/C28H30N4O3/c1-32(2)17-23(33)19-34-24-14-12-22(13-15-24)31-28-16-26(29-20-30-28)25-10-6-7-11-27(25)35-18-21-8-4-3-5-9-21/h3-16,20,23,33H,17-19H2,1-2H3,(H,29,30,31). The van der Waals surface area contributed by atoms with Crippen LogP contribution in [0.1, 0.15) is 5.56 Å². The van der Waals surface area contributed by atoms with Gasteiger partial charge in [-0.3, -0.25) is 0 Å². The molecule has 4 aromatic rings. The molecule has 180 valence electrons. The van der Waals surface area contributed by atoms with Crippen LogP contribution in [0.25, 0.3) is 11.3 Å². The number of rotatable bonds is 11. The zero-order valence-corrected chi connectivity index (χ0v) is 20.0. The van der Waals surface area contributed by atoms with Gasteiger partial charge in [0.25, 0.3) is 0 Å². The second-order valence-electron chi connectivity index (χ2n) is 8.44. The van der Waals surface area contributed by atoms with Crippen LogP contribution in [-0.4, -0.2) is 53.3 Å². The number of likely N-dealkylation sites (N-methyl/N-ethyl adjacent to an activating group) is 1. The minimum Gasteiger partial charge on any atom is -0.491 e. The van der Waals surface area contributed by atoms with E-state index < -0.39 is 6.10 Å². The fourth-order valence-electron chi connectivity index (χ4n) is 3.56. The molecule has 0 saturated carbocycles. The number of nitrogens with one attached hydrogen (secondary N) is 1. The smallest absolute Gasteiger partial charge is 0.134 e. The van der Waals surface area contributed by atoms with Crippen LogP contribution in [0.15, 0.2) is 91.3 Å². The maximum atomic E-state index is 9.96. The number of aliphatic hydroxyl groups excluding tert-OH is 1. The lowest BCUT2D eigenvalue weighted by Crippen LogP contribution is -2.30. The minimum atomic E-state index is -0.540. The lowest BCUT2D eigenvalue weighted by atomic mass is 10.1. The minimum absolute atomic E-state index is 0.242. The molecule has 4 rings (SSSR count). The number of ether oxygens (including phenoxy) is 2. The fourth-order valence-corrected chi connectivity index (χ4v) is 3.56. The highest BCUT2D eigenvalue weighted by Crippen LogP contribution is 2.30. The van der Waals surface area contributed by atoms with E-state index in [0.29, 0.717) is 24.7 Å². The van der Waals surface area contributed by atoms with Gasteiger partial charge < -0.3 is 24.8 Å². The van der Waals surface area contributed by atoms with Crippen LogP contribution < -0.4 is 14.8 Å². The highest BCUT2D eigenvalue weighted by Gasteiger charge is 2.10. The molecule has 1 unspecified atom stereocenters. The molecular weight excluding hydrogens is 440 g/mol. The SMILES string of the molecule is CN(C)CC(O)COc1ccc(Nc2cc(-c3ccccc3OCc3ccccc3)ncn2)cc1. The Bertz CT molecular complexity index is 1200. The van der Waals surface area contributed by atoms with Gasteiger partial charge in [0.2, 0.25) is 0 Å². The molecule has 1 aromatic heterocycles. The van der Waals surface area contributed by atoms with Crippen LogP contribution in [0.2, 0.25) is 0 Å². The van der Waals surface area contributed by atoms with Crippen molar-refractivity contribution in [1.29, 1.82) is 0 Å². The van der Waals surface area contributed by atoms with Crippen LogP contribution >= 0.6 is 0 Å². The van der Waals surface area contributed by atoms with Gasteiger partial charge >= 0.3 is 0 Å². The van der Waals surface area contributed by atoms with E-state index in [1.807, 2.05) is 104 Å². The molecule has 0 radical (unpaired) electrons. The zero-order chi connectivity index (χ0) is 24.5. The molecule has 0 aliphatic heterocycles. The molecule has 0 aliphatic rings. The second kappa shape index (κ2) is 12.0. The largest absolute Gasteiger partial charge is 0.491 e. The van der Waals surface area contributed by atoms with Crippen LogP contribution in [0.3, 0.4) is 0 Å². The quantitative estimate of drug-likeness (QED) is 0.327. The summed E-state index contributed by atoms with van der Waals surface area (Å²) in [6.45, 7) is 1.27. The molecule has 0 saturated heterocycles. The number of para-hydroxylation sites is 1. The highest BCUT2D eigenvalue weighted by molar-refractivity contribution is 5.70. The molecule has 1 heterocycles. The molecule has 3 aromatic carbocycles. The van der Waals surface area contributed by atoms with Crippen molar-refractivity contribution in [3.63, 3.8) is 0 Å². The van der Waals surface area contributed by atoms with Crippen molar-refractivity contribution >= 4 is 11.5 Å². The Kier molecular flexibility index (Phi) is 8.27. The van der Waals surface area contributed by atoms with E-state index >= 15 is 0 Å². The Balaban J connectivity index is 1.41. The normalized spacial score (nSPS) is 11.8. The van der Waals surface area contributed by atoms with Gasteiger partial charge in [-0.2, -0.15) is 0 Å². The van der Waals surface area contributed by atoms with E-state index in [0.717, 1.165) is 28.3 Å². The maximum absolute atomic E-state index is 9.96. The predicted molar refractivity (Wildman–Crippen MR) is 138 cm³/mol. The molecule has 35 heavy (non-hydrogen) atoms. The van der Waals surface area contributed by atoms with Crippen LogP contribution in [0.5, 0.6) is 11.5 Å². The molecule has 7 nitrogen and oxygen atoms in total. The first kappa shape index (κ1) is 24.2. The predicted octanol–water partition coefficient (Wildman–Crippen LogP) is 4.77. The summed E-state index contributed by atoms with van der Waals surface area (Å²) >= 11 is 0. The maximum Gasteiger partial charge on any atom is 0.134 e. The van der Waals surface area contributed by atoms with Crippen LogP contribution in [0.4, 0.5) is 11.5 Å². The van der Waals surface area contributed by atoms with Crippen LogP contribution in [-0.2, 0) is 6.61 Å². The van der Waals surface area contributed by atoms with E-state index in [1.54, 1.807) is 0 Å². The molecule has 0 fully saturated rings. The van der Waals surface area contributed by atoms with Gasteiger partial charge in [0.05, 0.1) is 5.69 Å². The first-order chi connectivity index (χ1) is 17.1. The monoisotopic (exact) mass is 470 g/mol. The van der Waals surface area contributed by atoms with Crippen molar-refractivity contribution in [2.24, 2.45) is 0 Å². The van der Waals surface area contributed by atoms with Crippen molar-refractivity contribution < 1.29 is 14.6 Å². The molecule has 0 spiro atoms. The number of nitrogens with zero attached hydrogens (tertiary/aromatic N) is 3. The topological polar surface area (TPSA) is 79.7 Å². The Morgan fingerprint density at radius 3 is 2.40 bits per heavy atom. The Labute approximate surface area is 206 Å². The summed E-state index contributed by atoms with van der Waals surface area (Å²) in [5.74, 6) is 2.13. The fraction of sp³-hybridized carbons (Fsp3) is 0.214. The summed E-state index contributed by atoms with van der Waals surface area (Å²) < 4.78 is 11.8. The van der Waals surface area contributed by atoms with Crippen molar-refractivity contribution in [3.8, 4) is 22.8 Å². The molecule has 0 aliphatic carbocycles. The Morgan fingerprint density at radius 2 is 1.63 bits per heavy atom. The van der Waals surface area contributed by atoms with E-state index in [-0.39, 0.29) is 6.61 Å². The third kappa shape index (κ3) is 7.27. The first-order valence-corrected chi connectivity index (χ1v) is 11.5. The Morgan fingerprint density at radius 1 is 0.886 bits per heavy atom. The summed E-state index contributed by atoms with van der Waals surface area (Å²) in [5, 5.41) is 13.3. The lowest BCUT2D eigenvalue weighted by Gasteiger charge is -2.16. The summed E-state index contributed by atoms with van der Waals surface area (Å²) in [5.41, 5.74) is 3.63.